The van der Waals surface area contributed by atoms with Crippen LogP contribution in [0.25, 0.3) is 5.65 Å². The van der Waals surface area contributed by atoms with Gasteiger partial charge in [-0.05, 0) is 45.1 Å². The van der Waals surface area contributed by atoms with Gasteiger partial charge in [-0.25, -0.2) is 9.50 Å². The molecule has 1 aliphatic heterocycles. The minimum absolute atomic E-state index is 0.493. The summed E-state index contributed by atoms with van der Waals surface area (Å²) in [4.78, 5) is 6.97. The second-order valence-corrected chi connectivity index (χ2v) is 4.92. The van der Waals surface area contributed by atoms with Crippen molar-refractivity contribution < 1.29 is 4.74 Å². The number of likely N-dealkylation sites (tertiary alicyclic amines) is 1. The molecule has 1 aliphatic rings. The van der Waals surface area contributed by atoms with Crippen molar-refractivity contribution in [2.45, 2.75) is 18.8 Å². The third-order valence-corrected chi connectivity index (χ3v) is 3.64. The second kappa shape index (κ2) is 4.57. The van der Waals surface area contributed by atoms with Gasteiger partial charge in [-0.1, -0.05) is 0 Å². The summed E-state index contributed by atoms with van der Waals surface area (Å²) < 4.78 is 7.01. The fourth-order valence-electron chi connectivity index (χ4n) is 2.44. The molecule has 0 amide bonds. The zero-order valence-corrected chi connectivity index (χ0v) is 10.8. The average molecular weight is 246 g/mol. The Bertz CT molecular complexity index is 543. The lowest BCUT2D eigenvalue weighted by molar-refractivity contribution is 0.251. The van der Waals surface area contributed by atoms with Gasteiger partial charge in [0.15, 0.2) is 11.5 Å². The number of methoxy groups -OCH3 is 1. The molecular weight excluding hydrogens is 228 g/mol. The van der Waals surface area contributed by atoms with Crippen molar-refractivity contribution in [1.29, 1.82) is 0 Å². The zero-order valence-electron chi connectivity index (χ0n) is 10.8. The maximum Gasteiger partial charge on any atom is 0.155 e. The van der Waals surface area contributed by atoms with Crippen molar-refractivity contribution in [3.8, 4) is 5.75 Å². The third kappa shape index (κ3) is 2.06. The van der Waals surface area contributed by atoms with Crippen LogP contribution in [-0.4, -0.2) is 46.7 Å². The van der Waals surface area contributed by atoms with Crippen LogP contribution in [-0.2, 0) is 0 Å². The fraction of sp³-hybridized carbons (Fsp3) is 0.538. The van der Waals surface area contributed by atoms with E-state index in [0.717, 1.165) is 43.2 Å². The smallest absolute Gasteiger partial charge is 0.155 e. The minimum Gasteiger partial charge on any atom is -0.495 e. The Morgan fingerprint density at radius 2 is 2.06 bits per heavy atom. The molecule has 0 spiro atoms. The Morgan fingerprint density at radius 1 is 1.28 bits per heavy atom. The van der Waals surface area contributed by atoms with Crippen molar-refractivity contribution in [3.63, 3.8) is 0 Å². The number of piperidine rings is 1. The molecule has 5 heteroatoms. The number of fused-ring (bicyclic) bond motifs is 1. The Balaban J connectivity index is 1.88. The number of rotatable bonds is 2. The maximum absolute atomic E-state index is 5.20. The van der Waals surface area contributed by atoms with Gasteiger partial charge in [-0.2, -0.15) is 5.10 Å². The van der Waals surface area contributed by atoms with E-state index in [9.17, 15) is 0 Å². The van der Waals surface area contributed by atoms with Gasteiger partial charge in [0, 0.05) is 5.92 Å². The molecule has 0 unspecified atom stereocenters. The van der Waals surface area contributed by atoms with Gasteiger partial charge in [0.2, 0.25) is 0 Å². The highest BCUT2D eigenvalue weighted by Crippen LogP contribution is 2.25. The van der Waals surface area contributed by atoms with E-state index in [2.05, 4.69) is 22.0 Å². The van der Waals surface area contributed by atoms with Crippen LogP contribution in [0.2, 0.25) is 0 Å². The lowest BCUT2D eigenvalue weighted by Crippen LogP contribution is -2.29. The topological polar surface area (TPSA) is 42.7 Å². The molecule has 3 heterocycles. The molecule has 0 saturated carbocycles. The molecule has 0 aliphatic carbocycles. The molecule has 1 fully saturated rings. The lowest BCUT2D eigenvalue weighted by atomic mass is 9.97. The zero-order chi connectivity index (χ0) is 12.5. The van der Waals surface area contributed by atoms with E-state index in [1.54, 1.807) is 7.11 Å². The maximum atomic E-state index is 5.20. The standard InChI is InChI=1S/C13H18N4O/c1-16-7-5-10(6-8-16)13-14-12-4-3-11(18-2)9-17(12)15-13/h3-4,9-10H,5-8H2,1-2H3. The van der Waals surface area contributed by atoms with Gasteiger partial charge < -0.3 is 9.64 Å². The van der Waals surface area contributed by atoms with Crippen LogP contribution in [0.4, 0.5) is 0 Å². The van der Waals surface area contributed by atoms with Crippen LogP contribution in [0.5, 0.6) is 5.75 Å². The number of ether oxygens (including phenoxy) is 1. The lowest BCUT2D eigenvalue weighted by Gasteiger charge is -2.26. The largest absolute Gasteiger partial charge is 0.495 e. The van der Waals surface area contributed by atoms with Crippen LogP contribution in [0.15, 0.2) is 18.3 Å². The van der Waals surface area contributed by atoms with E-state index < -0.39 is 0 Å². The van der Waals surface area contributed by atoms with Crippen molar-refractivity contribution in [2.75, 3.05) is 27.2 Å². The van der Waals surface area contributed by atoms with E-state index in [-0.39, 0.29) is 0 Å². The Labute approximate surface area is 106 Å². The van der Waals surface area contributed by atoms with Crippen LogP contribution in [0, 0.1) is 0 Å². The number of pyridine rings is 1. The molecule has 0 bridgehead atoms. The van der Waals surface area contributed by atoms with E-state index in [1.165, 1.54) is 0 Å². The summed E-state index contributed by atoms with van der Waals surface area (Å²) in [6.45, 7) is 2.26. The van der Waals surface area contributed by atoms with Crippen molar-refractivity contribution in [3.05, 3.63) is 24.2 Å². The fourth-order valence-corrected chi connectivity index (χ4v) is 2.44. The summed E-state index contributed by atoms with van der Waals surface area (Å²) in [5.74, 6) is 2.27. The molecule has 18 heavy (non-hydrogen) atoms. The molecule has 2 aromatic rings. The highest BCUT2D eigenvalue weighted by atomic mass is 16.5. The van der Waals surface area contributed by atoms with Crippen LogP contribution >= 0.6 is 0 Å². The van der Waals surface area contributed by atoms with E-state index in [4.69, 9.17) is 4.74 Å². The molecular formula is C13H18N4O. The molecule has 0 aromatic carbocycles. The Hall–Kier alpha value is -1.62. The van der Waals surface area contributed by atoms with E-state index in [1.807, 2.05) is 22.8 Å². The molecule has 0 atom stereocenters. The first-order chi connectivity index (χ1) is 8.76. The average Bonchev–Trinajstić information content (AvgIpc) is 2.82. The summed E-state index contributed by atoms with van der Waals surface area (Å²) in [6, 6.07) is 3.87. The van der Waals surface area contributed by atoms with Gasteiger partial charge in [0.1, 0.15) is 5.75 Å². The summed E-state index contributed by atoms with van der Waals surface area (Å²) >= 11 is 0. The highest BCUT2D eigenvalue weighted by molar-refractivity contribution is 5.40. The first-order valence-corrected chi connectivity index (χ1v) is 6.35. The number of aromatic nitrogens is 3. The number of nitrogens with zero attached hydrogens (tertiary/aromatic N) is 4. The molecule has 3 rings (SSSR count). The predicted molar refractivity (Wildman–Crippen MR) is 69.0 cm³/mol. The van der Waals surface area contributed by atoms with Crippen LogP contribution in [0.3, 0.4) is 0 Å². The summed E-state index contributed by atoms with van der Waals surface area (Å²) in [7, 11) is 3.83. The SMILES string of the molecule is COc1ccc2nc(C3CCN(C)CC3)nn2c1. The van der Waals surface area contributed by atoms with Gasteiger partial charge >= 0.3 is 0 Å². The van der Waals surface area contributed by atoms with Crippen LogP contribution in [0.1, 0.15) is 24.6 Å². The second-order valence-electron chi connectivity index (χ2n) is 4.92. The number of hydrogen-bond donors (Lipinski definition) is 0. The van der Waals surface area contributed by atoms with E-state index >= 15 is 0 Å². The molecule has 0 N–H and O–H groups in total. The predicted octanol–water partition coefficient (Wildman–Crippen LogP) is 1.55. The van der Waals surface area contributed by atoms with Gasteiger partial charge in [0.05, 0.1) is 13.3 Å². The monoisotopic (exact) mass is 246 g/mol. The quantitative estimate of drug-likeness (QED) is 0.806. The number of hydrogen-bond acceptors (Lipinski definition) is 4. The molecule has 1 saturated heterocycles. The molecule has 0 radical (unpaired) electrons. The molecule has 5 nitrogen and oxygen atoms in total. The van der Waals surface area contributed by atoms with Gasteiger partial charge in [-0.15, -0.1) is 0 Å². The normalized spacial score (nSPS) is 18.3. The summed E-state index contributed by atoms with van der Waals surface area (Å²) in [6.07, 6.45) is 4.16. The Kier molecular flexibility index (Phi) is 2.91. The minimum atomic E-state index is 0.493. The first-order valence-electron chi connectivity index (χ1n) is 6.35. The van der Waals surface area contributed by atoms with Crippen molar-refractivity contribution in [1.82, 2.24) is 19.5 Å². The van der Waals surface area contributed by atoms with Gasteiger partial charge in [-0.3, -0.25) is 0 Å². The van der Waals surface area contributed by atoms with Crippen LogP contribution < -0.4 is 4.74 Å². The molecule has 96 valence electrons. The summed E-state index contributed by atoms with van der Waals surface area (Å²) in [5, 5.41) is 4.58. The third-order valence-electron chi connectivity index (χ3n) is 3.64. The summed E-state index contributed by atoms with van der Waals surface area (Å²) in [5.41, 5.74) is 0.893. The molecule has 2 aromatic heterocycles. The highest BCUT2D eigenvalue weighted by Gasteiger charge is 2.22. The van der Waals surface area contributed by atoms with E-state index in [0.29, 0.717) is 5.92 Å². The first kappa shape index (κ1) is 11.5. The van der Waals surface area contributed by atoms with Gasteiger partial charge in [0.25, 0.3) is 0 Å². The Morgan fingerprint density at radius 3 is 2.78 bits per heavy atom. The van der Waals surface area contributed by atoms with Crippen molar-refractivity contribution in [2.24, 2.45) is 0 Å². The van der Waals surface area contributed by atoms with Crippen molar-refractivity contribution >= 4 is 5.65 Å².